The molecule has 0 aliphatic carbocycles. The highest BCUT2D eigenvalue weighted by molar-refractivity contribution is 5.99. The SMILES string of the molecule is Cc1ccc(C(=O)CN2CCCC3C(=O)NCC32)c(C)c1. The third-order valence-corrected chi connectivity index (χ3v) is 4.75. The first-order valence-corrected chi connectivity index (χ1v) is 7.68. The molecule has 0 spiro atoms. The van der Waals surface area contributed by atoms with Gasteiger partial charge in [-0.2, -0.15) is 0 Å². The van der Waals surface area contributed by atoms with Gasteiger partial charge in [-0.1, -0.05) is 23.8 Å². The Morgan fingerprint density at radius 3 is 2.95 bits per heavy atom. The summed E-state index contributed by atoms with van der Waals surface area (Å²) in [6, 6.07) is 6.15. The number of ketones is 1. The van der Waals surface area contributed by atoms with Crippen molar-refractivity contribution < 1.29 is 9.59 Å². The molecule has 1 aromatic carbocycles. The predicted octanol–water partition coefficient (Wildman–Crippen LogP) is 1.70. The summed E-state index contributed by atoms with van der Waals surface area (Å²) in [5, 5.41) is 2.93. The molecule has 2 fully saturated rings. The van der Waals surface area contributed by atoms with Gasteiger partial charge in [0.25, 0.3) is 0 Å². The summed E-state index contributed by atoms with van der Waals surface area (Å²) >= 11 is 0. The largest absolute Gasteiger partial charge is 0.354 e. The van der Waals surface area contributed by atoms with Crippen molar-refractivity contribution in [3.8, 4) is 0 Å². The lowest BCUT2D eigenvalue weighted by Gasteiger charge is -2.35. The maximum atomic E-state index is 12.6. The quantitative estimate of drug-likeness (QED) is 0.860. The minimum Gasteiger partial charge on any atom is -0.354 e. The van der Waals surface area contributed by atoms with Crippen LogP contribution in [0.1, 0.15) is 34.3 Å². The van der Waals surface area contributed by atoms with E-state index >= 15 is 0 Å². The van der Waals surface area contributed by atoms with E-state index in [4.69, 9.17) is 0 Å². The van der Waals surface area contributed by atoms with Crippen LogP contribution in [0.3, 0.4) is 0 Å². The fraction of sp³-hybridized carbons (Fsp3) is 0.529. The molecule has 2 aliphatic rings. The van der Waals surface area contributed by atoms with Crippen molar-refractivity contribution >= 4 is 11.7 Å². The Kier molecular flexibility index (Phi) is 3.81. The van der Waals surface area contributed by atoms with Gasteiger partial charge >= 0.3 is 0 Å². The number of nitrogens with one attached hydrogen (secondary N) is 1. The van der Waals surface area contributed by atoms with E-state index in [1.165, 1.54) is 5.56 Å². The van der Waals surface area contributed by atoms with Crippen LogP contribution in [0.4, 0.5) is 0 Å². The van der Waals surface area contributed by atoms with Crippen molar-refractivity contribution in [2.45, 2.75) is 32.7 Å². The van der Waals surface area contributed by atoms with E-state index in [0.717, 1.165) is 30.5 Å². The molecule has 0 aromatic heterocycles. The number of hydrogen-bond donors (Lipinski definition) is 1. The molecule has 21 heavy (non-hydrogen) atoms. The number of amides is 1. The molecule has 1 amide bonds. The van der Waals surface area contributed by atoms with E-state index in [2.05, 4.69) is 10.2 Å². The zero-order valence-corrected chi connectivity index (χ0v) is 12.7. The van der Waals surface area contributed by atoms with Crippen LogP contribution in [0.15, 0.2) is 18.2 Å². The maximum Gasteiger partial charge on any atom is 0.224 e. The van der Waals surface area contributed by atoms with E-state index in [-0.39, 0.29) is 23.7 Å². The van der Waals surface area contributed by atoms with Crippen LogP contribution >= 0.6 is 0 Å². The summed E-state index contributed by atoms with van der Waals surface area (Å²) in [5.74, 6) is 0.391. The van der Waals surface area contributed by atoms with E-state index in [0.29, 0.717) is 13.1 Å². The van der Waals surface area contributed by atoms with Crippen LogP contribution in [-0.4, -0.2) is 42.3 Å². The second kappa shape index (κ2) is 5.60. The van der Waals surface area contributed by atoms with E-state index < -0.39 is 0 Å². The number of carbonyl (C=O) groups is 2. The zero-order chi connectivity index (χ0) is 15.0. The first-order valence-electron chi connectivity index (χ1n) is 7.68. The van der Waals surface area contributed by atoms with Crippen molar-refractivity contribution in [3.63, 3.8) is 0 Å². The number of aryl methyl sites for hydroxylation is 2. The molecule has 1 aromatic rings. The Morgan fingerprint density at radius 2 is 2.19 bits per heavy atom. The number of piperidine rings is 1. The lowest BCUT2D eigenvalue weighted by Crippen LogP contribution is -2.47. The minimum atomic E-state index is 0.0747. The van der Waals surface area contributed by atoms with Gasteiger partial charge in [0.15, 0.2) is 5.78 Å². The van der Waals surface area contributed by atoms with Crippen LogP contribution in [0, 0.1) is 19.8 Å². The molecule has 0 bridgehead atoms. The molecule has 0 saturated carbocycles. The highest BCUT2D eigenvalue weighted by atomic mass is 16.2. The lowest BCUT2D eigenvalue weighted by atomic mass is 9.91. The van der Waals surface area contributed by atoms with Crippen LogP contribution < -0.4 is 5.32 Å². The van der Waals surface area contributed by atoms with Gasteiger partial charge < -0.3 is 5.32 Å². The molecule has 4 nitrogen and oxygen atoms in total. The number of fused-ring (bicyclic) bond motifs is 1. The molecular weight excluding hydrogens is 264 g/mol. The third-order valence-electron chi connectivity index (χ3n) is 4.75. The average Bonchev–Trinajstić information content (AvgIpc) is 2.81. The van der Waals surface area contributed by atoms with Gasteiger partial charge in [-0.05, 0) is 38.8 Å². The van der Waals surface area contributed by atoms with Gasteiger partial charge in [0, 0.05) is 18.2 Å². The number of rotatable bonds is 3. The number of nitrogens with zero attached hydrogens (tertiary/aromatic N) is 1. The van der Waals surface area contributed by atoms with Gasteiger partial charge in [0.1, 0.15) is 0 Å². The Balaban J connectivity index is 1.73. The van der Waals surface area contributed by atoms with Crippen molar-refractivity contribution in [1.29, 1.82) is 0 Å². The molecular formula is C17H22N2O2. The Hall–Kier alpha value is -1.68. The van der Waals surface area contributed by atoms with Crippen LogP contribution in [0.25, 0.3) is 0 Å². The fourth-order valence-corrected chi connectivity index (χ4v) is 3.63. The Bertz CT molecular complexity index is 582. The molecule has 2 heterocycles. The average molecular weight is 286 g/mol. The topological polar surface area (TPSA) is 49.4 Å². The molecule has 2 saturated heterocycles. The standard InChI is InChI=1S/C17H22N2O2/c1-11-5-6-13(12(2)8-11)16(20)10-19-7-3-4-14-15(19)9-18-17(14)21/h5-6,8,14-15H,3-4,7,9-10H2,1-2H3,(H,18,21). The summed E-state index contributed by atoms with van der Waals surface area (Å²) in [4.78, 5) is 26.5. The van der Waals surface area contributed by atoms with E-state index in [1.807, 2.05) is 32.0 Å². The molecule has 2 atom stereocenters. The number of hydrogen-bond acceptors (Lipinski definition) is 3. The van der Waals surface area contributed by atoms with Gasteiger partial charge in [0.05, 0.1) is 12.5 Å². The highest BCUT2D eigenvalue weighted by Gasteiger charge is 2.41. The molecule has 0 radical (unpaired) electrons. The van der Waals surface area contributed by atoms with Crippen molar-refractivity contribution in [1.82, 2.24) is 10.2 Å². The summed E-state index contributed by atoms with van der Waals surface area (Å²) in [6.07, 6.45) is 1.94. The van der Waals surface area contributed by atoms with Crippen molar-refractivity contribution in [3.05, 3.63) is 34.9 Å². The van der Waals surface area contributed by atoms with Crippen LogP contribution in [-0.2, 0) is 4.79 Å². The first kappa shape index (κ1) is 14.3. The number of Topliss-reactive ketones (excluding diaryl/α,β-unsaturated/α-hetero) is 1. The predicted molar refractivity (Wildman–Crippen MR) is 81.3 cm³/mol. The van der Waals surface area contributed by atoms with E-state index in [9.17, 15) is 9.59 Å². The molecule has 2 unspecified atom stereocenters. The molecule has 3 rings (SSSR count). The van der Waals surface area contributed by atoms with Crippen LogP contribution in [0.2, 0.25) is 0 Å². The fourth-order valence-electron chi connectivity index (χ4n) is 3.63. The molecule has 112 valence electrons. The summed E-state index contributed by atoms with van der Waals surface area (Å²) in [7, 11) is 0. The molecule has 4 heteroatoms. The second-order valence-electron chi connectivity index (χ2n) is 6.27. The monoisotopic (exact) mass is 286 g/mol. The third kappa shape index (κ3) is 2.72. The number of carbonyl (C=O) groups excluding carboxylic acids is 2. The minimum absolute atomic E-state index is 0.0747. The van der Waals surface area contributed by atoms with Crippen molar-refractivity contribution in [2.75, 3.05) is 19.6 Å². The van der Waals surface area contributed by atoms with Gasteiger partial charge in [-0.25, -0.2) is 0 Å². The Labute approximate surface area is 125 Å². The lowest BCUT2D eigenvalue weighted by molar-refractivity contribution is -0.124. The Morgan fingerprint density at radius 1 is 1.38 bits per heavy atom. The smallest absolute Gasteiger partial charge is 0.224 e. The van der Waals surface area contributed by atoms with Gasteiger partial charge in [-0.15, -0.1) is 0 Å². The summed E-state index contributed by atoms with van der Waals surface area (Å²) < 4.78 is 0. The molecule has 1 N–H and O–H groups in total. The summed E-state index contributed by atoms with van der Waals surface area (Å²) in [5.41, 5.74) is 3.02. The summed E-state index contributed by atoms with van der Waals surface area (Å²) in [6.45, 7) is 6.03. The number of benzene rings is 1. The first-order chi connectivity index (χ1) is 10.1. The second-order valence-corrected chi connectivity index (χ2v) is 6.27. The normalized spacial score (nSPS) is 25.5. The highest BCUT2D eigenvalue weighted by Crippen LogP contribution is 2.27. The van der Waals surface area contributed by atoms with Crippen LogP contribution in [0.5, 0.6) is 0 Å². The molecule has 2 aliphatic heterocycles. The van der Waals surface area contributed by atoms with Gasteiger partial charge in [-0.3, -0.25) is 14.5 Å². The van der Waals surface area contributed by atoms with E-state index in [1.54, 1.807) is 0 Å². The number of likely N-dealkylation sites (tertiary alicyclic amines) is 1. The maximum absolute atomic E-state index is 12.6. The van der Waals surface area contributed by atoms with Gasteiger partial charge in [0.2, 0.25) is 5.91 Å². The zero-order valence-electron chi connectivity index (χ0n) is 12.7. The van der Waals surface area contributed by atoms with Crippen molar-refractivity contribution in [2.24, 2.45) is 5.92 Å².